The van der Waals surface area contributed by atoms with E-state index in [1.54, 1.807) is 14.2 Å². The Balaban J connectivity index is 1.78. The maximum atomic E-state index is 5.99. The number of rotatable bonds is 9. The summed E-state index contributed by atoms with van der Waals surface area (Å²) in [6.07, 6.45) is 0. The number of nitrogens with zero attached hydrogens (tertiary/aromatic N) is 3. The molecule has 0 radical (unpaired) electrons. The molecule has 2 aromatic rings. The van der Waals surface area contributed by atoms with E-state index in [4.69, 9.17) is 23.6 Å². The van der Waals surface area contributed by atoms with E-state index in [1.807, 2.05) is 38.2 Å². The Hall–Kier alpha value is -2.71. The van der Waals surface area contributed by atoms with Crippen molar-refractivity contribution in [3.8, 4) is 11.5 Å². The number of aryl methyl sites for hydroxylation is 1. The van der Waals surface area contributed by atoms with Crippen LogP contribution in [0, 0.1) is 6.92 Å². The van der Waals surface area contributed by atoms with Crippen molar-refractivity contribution in [3.63, 3.8) is 0 Å². The van der Waals surface area contributed by atoms with Crippen LogP contribution < -0.4 is 14.8 Å². The third kappa shape index (κ3) is 6.17. The van der Waals surface area contributed by atoms with Crippen LogP contribution in [0.2, 0.25) is 0 Å². The molecular weight excluding hydrogens is 408 g/mol. The number of hydrogen-bond acceptors (Lipinski definition) is 6. The number of ether oxygens (including phenoxy) is 3. The molecule has 1 aromatic carbocycles. The van der Waals surface area contributed by atoms with E-state index in [-0.39, 0.29) is 6.04 Å². The standard InChI is InChI=1S/C24H36N4O4/c1-6-25-24(27(3)17-19-8-9-20(29-4)15-23(19)30-5)26-16-21(22-10-7-18(2)32-22)28-11-13-31-14-12-28/h7-10,15,21H,6,11-14,16-17H2,1-5H3,(H,25,26). The van der Waals surface area contributed by atoms with Gasteiger partial charge in [0.05, 0.1) is 40.0 Å². The van der Waals surface area contributed by atoms with E-state index in [1.165, 1.54) is 0 Å². The van der Waals surface area contributed by atoms with Crippen molar-refractivity contribution in [2.75, 3.05) is 60.7 Å². The zero-order valence-electron chi connectivity index (χ0n) is 19.9. The van der Waals surface area contributed by atoms with Gasteiger partial charge in [0.15, 0.2) is 5.96 Å². The number of furan rings is 1. The Labute approximate surface area is 191 Å². The molecule has 2 heterocycles. The first kappa shape index (κ1) is 23.9. The van der Waals surface area contributed by atoms with Crippen LogP contribution in [0.1, 0.15) is 30.0 Å². The molecule has 0 spiro atoms. The van der Waals surface area contributed by atoms with Crippen LogP contribution in [0.15, 0.2) is 39.7 Å². The van der Waals surface area contributed by atoms with Gasteiger partial charge in [-0.15, -0.1) is 0 Å². The first-order valence-corrected chi connectivity index (χ1v) is 11.1. The van der Waals surface area contributed by atoms with E-state index < -0.39 is 0 Å². The maximum absolute atomic E-state index is 5.99. The maximum Gasteiger partial charge on any atom is 0.194 e. The second-order valence-electron chi connectivity index (χ2n) is 7.84. The molecule has 176 valence electrons. The van der Waals surface area contributed by atoms with Crippen LogP contribution in [0.25, 0.3) is 0 Å². The SMILES string of the molecule is CCNC(=NCC(c1ccc(C)o1)N1CCOCC1)N(C)Cc1ccc(OC)cc1OC. The van der Waals surface area contributed by atoms with Crippen molar-refractivity contribution in [1.82, 2.24) is 15.1 Å². The number of benzene rings is 1. The molecule has 32 heavy (non-hydrogen) atoms. The van der Waals surface area contributed by atoms with Crippen molar-refractivity contribution in [2.24, 2.45) is 4.99 Å². The van der Waals surface area contributed by atoms with Crippen LogP contribution in [0.4, 0.5) is 0 Å². The average Bonchev–Trinajstić information content (AvgIpc) is 3.25. The Kier molecular flexibility index (Phi) is 8.81. The third-order valence-electron chi connectivity index (χ3n) is 5.59. The molecule has 0 amide bonds. The molecule has 3 rings (SSSR count). The largest absolute Gasteiger partial charge is 0.497 e. The quantitative estimate of drug-likeness (QED) is 0.471. The van der Waals surface area contributed by atoms with Gasteiger partial charge in [-0.2, -0.15) is 0 Å². The lowest BCUT2D eigenvalue weighted by Crippen LogP contribution is -2.42. The van der Waals surface area contributed by atoms with E-state index in [2.05, 4.69) is 28.1 Å². The lowest BCUT2D eigenvalue weighted by atomic mass is 10.1. The molecule has 8 nitrogen and oxygen atoms in total. The molecule has 8 heteroatoms. The van der Waals surface area contributed by atoms with Gasteiger partial charge in [-0.3, -0.25) is 9.89 Å². The van der Waals surface area contributed by atoms with E-state index in [9.17, 15) is 0 Å². The smallest absolute Gasteiger partial charge is 0.194 e. The Morgan fingerprint density at radius 2 is 1.97 bits per heavy atom. The van der Waals surface area contributed by atoms with Crippen molar-refractivity contribution < 1.29 is 18.6 Å². The number of morpholine rings is 1. The molecule has 1 aliphatic heterocycles. The lowest BCUT2D eigenvalue weighted by molar-refractivity contribution is 0.0135. The number of hydrogen-bond donors (Lipinski definition) is 1. The van der Waals surface area contributed by atoms with E-state index in [0.29, 0.717) is 13.1 Å². The summed E-state index contributed by atoms with van der Waals surface area (Å²) in [5.41, 5.74) is 1.06. The summed E-state index contributed by atoms with van der Waals surface area (Å²) in [7, 11) is 5.36. The van der Waals surface area contributed by atoms with Crippen LogP contribution in [-0.4, -0.2) is 76.4 Å². The van der Waals surface area contributed by atoms with Gasteiger partial charge >= 0.3 is 0 Å². The molecule has 0 aliphatic carbocycles. The highest BCUT2D eigenvalue weighted by atomic mass is 16.5. The van der Waals surface area contributed by atoms with Gasteiger partial charge in [0.2, 0.25) is 0 Å². The van der Waals surface area contributed by atoms with E-state index in [0.717, 1.165) is 67.4 Å². The minimum Gasteiger partial charge on any atom is -0.497 e. The Bertz CT molecular complexity index is 877. The molecule has 1 unspecified atom stereocenters. The molecular formula is C24H36N4O4. The molecule has 1 aliphatic rings. The molecule has 1 fully saturated rings. The van der Waals surface area contributed by atoms with Crippen molar-refractivity contribution in [2.45, 2.75) is 26.4 Å². The van der Waals surface area contributed by atoms with E-state index >= 15 is 0 Å². The summed E-state index contributed by atoms with van der Waals surface area (Å²) in [6, 6.07) is 10.0. The topological polar surface area (TPSA) is 71.7 Å². The second kappa shape index (κ2) is 11.8. The van der Waals surface area contributed by atoms with Gasteiger partial charge < -0.3 is 28.8 Å². The molecule has 1 N–H and O–H groups in total. The zero-order valence-corrected chi connectivity index (χ0v) is 19.9. The summed E-state index contributed by atoms with van der Waals surface area (Å²) in [5, 5.41) is 3.41. The lowest BCUT2D eigenvalue weighted by Gasteiger charge is -2.33. The minimum atomic E-state index is 0.0742. The van der Waals surface area contributed by atoms with Gasteiger partial charge in [-0.25, -0.2) is 0 Å². The highest BCUT2D eigenvalue weighted by molar-refractivity contribution is 5.79. The highest BCUT2D eigenvalue weighted by Gasteiger charge is 2.25. The minimum absolute atomic E-state index is 0.0742. The third-order valence-corrected chi connectivity index (χ3v) is 5.59. The summed E-state index contributed by atoms with van der Waals surface area (Å²) in [6.45, 7) is 9.29. The van der Waals surface area contributed by atoms with Crippen LogP contribution in [0.3, 0.4) is 0 Å². The monoisotopic (exact) mass is 444 g/mol. The summed E-state index contributed by atoms with van der Waals surface area (Å²) in [5.74, 6) is 4.27. The molecule has 1 atom stereocenters. The van der Waals surface area contributed by atoms with Gasteiger partial charge in [-0.05, 0) is 38.1 Å². The van der Waals surface area contributed by atoms with Crippen molar-refractivity contribution >= 4 is 5.96 Å². The highest BCUT2D eigenvalue weighted by Crippen LogP contribution is 2.26. The summed E-state index contributed by atoms with van der Waals surface area (Å²) in [4.78, 5) is 9.48. The first-order chi connectivity index (χ1) is 15.5. The fraction of sp³-hybridized carbons (Fsp3) is 0.542. The van der Waals surface area contributed by atoms with Crippen LogP contribution in [-0.2, 0) is 11.3 Å². The fourth-order valence-electron chi connectivity index (χ4n) is 3.86. The van der Waals surface area contributed by atoms with Gasteiger partial charge in [0, 0.05) is 44.9 Å². The van der Waals surface area contributed by atoms with Crippen LogP contribution >= 0.6 is 0 Å². The summed E-state index contributed by atoms with van der Waals surface area (Å²) < 4.78 is 22.4. The molecule has 1 aromatic heterocycles. The fourth-order valence-corrected chi connectivity index (χ4v) is 3.86. The Morgan fingerprint density at radius 1 is 1.19 bits per heavy atom. The number of guanidine groups is 1. The van der Waals surface area contributed by atoms with Gasteiger partial charge in [0.1, 0.15) is 23.0 Å². The van der Waals surface area contributed by atoms with Gasteiger partial charge in [0.25, 0.3) is 0 Å². The number of aliphatic imine (C=N–C) groups is 1. The first-order valence-electron chi connectivity index (χ1n) is 11.1. The number of nitrogens with one attached hydrogen (secondary N) is 1. The molecule has 0 bridgehead atoms. The molecule has 0 saturated carbocycles. The summed E-state index contributed by atoms with van der Waals surface area (Å²) >= 11 is 0. The molecule has 1 saturated heterocycles. The number of methoxy groups -OCH3 is 2. The predicted octanol–water partition coefficient (Wildman–Crippen LogP) is 3.08. The average molecular weight is 445 g/mol. The second-order valence-corrected chi connectivity index (χ2v) is 7.84. The van der Waals surface area contributed by atoms with Crippen molar-refractivity contribution in [1.29, 1.82) is 0 Å². The zero-order chi connectivity index (χ0) is 22.9. The Morgan fingerprint density at radius 3 is 2.59 bits per heavy atom. The van der Waals surface area contributed by atoms with Gasteiger partial charge in [-0.1, -0.05) is 0 Å². The predicted molar refractivity (Wildman–Crippen MR) is 126 cm³/mol. The van der Waals surface area contributed by atoms with Crippen LogP contribution in [0.5, 0.6) is 11.5 Å². The normalized spacial score (nSPS) is 16.0. The van der Waals surface area contributed by atoms with Crippen molar-refractivity contribution in [3.05, 3.63) is 47.4 Å².